The Bertz CT molecular complexity index is 686. The molecule has 1 saturated heterocycles. The number of amides is 1. The van der Waals surface area contributed by atoms with E-state index in [-0.39, 0.29) is 5.91 Å². The van der Waals surface area contributed by atoms with Crippen LogP contribution in [0.3, 0.4) is 0 Å². The van der Waals surface area contributed by atoms with E-state index in [0.29, 0.717) is 23.6 Å². The van der Waals surface area contributed by atoms with Gasteiger partial charge in [-0.3, -0.25) is 4.79 Å². The highest BCUT2D eigenvalue weighted by molar-refractivity contribution is 5.93. The molecule has 1 N–H and O–H groups in total. The van der Waals surface area contributed by atoms with Crippen LogP contribution in [0.5, 0.6) is 0 Å². The normalized spacial score (nSPS) is 17.0. The number of carbonyl (C=O) groups excluding carboxylic acids is 1. The lowest BCUT2D eigenvalue weighted by atomic mass is 9.91. The average Bonchev–Trinajstić information content (AvgIpc) is 3.15. The van der Waals surface area contributed by atoms with Crippen LogP contribution in [0, 0.1) is 12.8 Å². The molecule has 0 saturated carbocycles. The molecule has 2 aromatic rings. The molecule has 1 aliphatic heterocycles. The van der Waals surface area contributed by atoms with Crippen molar-refractivity contribution in [1.82, 2.24) is 10.2 Å². The van der Waals surface area contributed by atoms with Gasteiger partial charge in [0.05, 0.1) is 11.8 Å². The number of hydrogen-bond donors (Lipinski definition) is 1. The Morgan fingerprint density at radius 2 is 1.92 bits per heavy atom. The number of aryl methyl sites for hydroxylation is 1. The summed E-state index contributed by atoms with van der Waals surface area (Å²) in [6, 6.07) is 11.1. The molecule has 0 radical (unpaired) electrons. The largest absolute Gasteiger partial charge is 0.472 e. The SMILES string of the molecule is Cc1ccccc1C(NC1CCN(C(=O)c2ccoc2)CC1)C(C)C. The Hall–Kier alpha value is -2.07. The molecule has 134 valence electrons. The van der Waals surface area contributed by atoms with E-state index < -0.39 is 0 Å². The zero-order valence-corrected chi connectivity index (χ0v) is 15.4. The van der Waals surface area contributed by atoms with Gasteiger partial charge in [0.2, 0.25) is 0 Å². The number of furan rings is 1. The van der Waals surface area contributed by atoms with Gasteiger partial charge in [-0.2, -0.15) is 0 Å². The molecule has 0 bridgehead atoms. The molecule has 3 rings (SSSR count). The van der Waals surface area contributed by atoms with E-state index >= 15 is 0 Å². The van der Waals surface area contributed by atoms with Crippen molar-refractivity contribution in [3.05, 3.63) is 59.5 Å². The Morgan fingerprint density at radius 1 is 1.20 bits per heavy atom. The van der Waals surface area contributed by atoms with Gasteiger partial charge in [0, 0.05) is 25.2 Å². The Kier molecular flexibility index (Phi) is 5.59. The lowest BCUT2D eigenvalue weighted by molar-refractivity contribution is 0.0698. The number of nitrogens with one attached hydrogen (secondary N) is 1. The summed E-state index contributed by atoms with van der Waals surface area (Å²) in [5.41, 5.74) is 3.36. The molecule has 1 amide bonds. The zero-order chi connectivity index (χ0) is 17.8. The Balaban J connectivity index is 1.60. The predicted octanol–water partition coefficient (Wildman–Crippen LogP) is 4.18. The third-order valence-corrected chi connectivity index (χ3v) is 5.16. The molecule has 1 aromatic heterocycles. The van der Waals surface area contributed by atoms with Crippen molar-refractivity contribution >= 4 is 5.91 Å². The number of nitrogens with zero attached hydrogens (tertiary/aromatic N) is 1. The molecule has 4 nitrogen and oxygen atoms in total. The molecule has 1 aromatic carbocycles. The van der Waals surface area contributed by atoms with Crippen LogP contribution in [0.25, 0.3) is 0 Å². The minimum Gasteiger partial charge on any atom is -0.472 e. The molecular formula is C21H28N2O2. The lowest BCUT2D eigenvalue weighted by Crippen LogP contribution is -2.46. The van der Waals surface area contributed by atoms with E-state index in [1.807, 2.05) is 4.90 Å². The highest BCUT2D eigenvalue weighted by atomic mass is 16.3. The smallest absolute Gasteiger partial charge is 0.257 e. The van der Waals surface area contributed by atoms with Crippen molar-refractivity contribution in [2.24, 2.45) is 5.92 Å². The van der Waals surface area contributed by atoms with Crippen LogP contribution in [-0.4, -0.2) is 29.9 Å². The highest BCUT2D eigenvalue weighted by Crippen LogP contribution is 2.27. The van der Waals surface area contributed by atoms with Crippen LogP contribution >= 0.6 is 0 Å². The van der Waals surface area contributed by atoms with Crippen molar-refractivity contribution in [1.29, 1.82) is 0 Å². The van der Waals surface area contributed by atoms with Crippen LogP contribution in [0.1, 0.15) is 54.2 Å². The quantitative estimate of drug-likeness (QED) is 0.888. The third kappa shape index (κ3) is 4.13. The van der Waals surface area contributed by atoms with Crippen LogP contribution in [0.2, 0.25) is 0 Å². The number of rotatable bonds is 5. The van der Waals surface area contributed by atoms with Crippen molar-refractivity contribution in [2.45, 2.75) is 45.7 Å². The van der Waals surface area contributed by atoms with Crippen molar-refractivity contribution in [2.75, 3.05) is 13.1 Å². The van der Waals surface area contributed by atoms with Gasteiger partial charge in [-0.15, -0.1) is 0 Å². The van der Waals surface area contributed by atoms with Gasteiger partial charge in [0.15, 0.2) is 0 Å². The molecule has 1 fully saturated rings. The van der Waals surface area contributed by atoms with Crippen LogP contribution in [0.4, 0.5) is 0 Å². The van der Waals surface area contributed by atoms with Gasteiger partial charge in [0.25, 0.3) is 5.91 Å². The Morgan fingerprint density at radius 3 is 2.52 bits per heavy atom. The summed E-state index contributed by atoms with van der Waals surface area (Å²) in [5, 5.41) is 3.85. The lowest BCUT2D eigenvalue weighted by Gasteiger charge is -2.36. The maximum Gasteiger partial charge on any atom is 0.257 e. The van der Waals surface area contributed by atoms with Gasteiger partial charge < -0.3 is 14.6 Å². The third-order valence-electron chi connectivity index (χ3n) is 5.16. The van der Waals surface area contributed by atoms with Crippen LogP contribution < -0.4 is 5.32 Å². The van der Waals surface area contributed by atoms with Gasteiger partial charge in [-0.05, 0) is 42.9 Å². The first-order chi connectivity index (χ1) is 12.1. The number of benzene rings is 1. The Labute approximate surface area is 150 Å². The van der Waals surface area contributed by atoms with Gasteiger partial charge in [0.1, 0.15) is 6.26 Å². The second kappa shape index (κ2) is 7.87. The number of piperidine rings is 1. The molecule has 1 atom stereocenters. The maximum atomic E-state index is 12.4. The molecule has 1 aliphatic rings. The molecule has 1 unspecified atom stereocenters. The minimum absolute atomic E-state index is 0.0755. The first-order valence-electron chi connectivity index (χ1n) is 9.19. The van der Waals surface area contributed by atoms with Gasteiger partial charge >= 0.3 is 0 Å². The summed E-state index contributed by atoms with van der Waals surface area (Å²) in [7, 11) is 0. The summed E-state index contributed by atoms with van der Waals surface area (Å²) < 4.78 is 5.03. The van der Waals surface area contributed by atoms with Gasteiger partial charge in [-0.25, -0.2) is 0 Å². The predicted molar refractivity (Wildman–Crippen MR) is 99.5 cm³/mol. The molecule has 2 heterocycles. The number of hydrogen-bond acceptors (Lipinski definition) is 3. The first kappa shape index (κ1) is 17.7. The number of carbonyl (C=O) groups is 1. The number of likely N-dealkylation sites (tertiary alicyclic amines) is 1. The minimum atomic E-state index is 0.0755. The fraction of sp³-hybridized carbons (Fsp3) is 0.476. The molecule has 0 aliphatic carbocycles. The fourth-order valence-corrected chi connectivity index (χ4v) is 3.65. The van der Waals surface area contributed by atoms with E-state index in [9.17, 15) is 4.79 Å². The fourth-order valence-electron chi connectivity index (χ4n) is 3.65. The van der Waals surface area contributed by atoms with E-state index in [4.69, 9.17) is 4.42 Å². The van der Waals surface area contributed by atoms with Crippen molar-refractivity contribution in [3.63, 3.8) is 0 Å². The average molecular weight is 340 g/mol. The van der Waals surface area contributed by atoms with E-state index in [1.165, 1.54) is 17.4 Å². The summed E-state index contributed by atoms with van der Waals surface area (Å²) in [6.45, 7) is 8.29. The van der Waals surface area contributed by atoms with E-state index in [0.717, 1.165) is 25.9 Å². The van der Waals surface area contributed by atoms with Crippen molar-refractivity contribution < 1.29 is 9.21 Å². The van der Waals surface area contributed by atoms with Gasteiger partial charge in [-0.1, -0.05) is 38.1 Å². The molecule has 0 spiro atoms. The maximum absolute atomic E-state index is 12.4. The molecule has 25 heavy (non-hydrogen) atoms. The monoisotopic (exact) mass is 340 g/mol. The molecular weight excluding hydrogens is 312 g/mol. The summed E-state index contributed by atoms with van der Waals surface area (Å²) in [4.78, 5) is 14.3. The van der Waals surface area contributed by atoms with Crippen LogP contribution in [-0.2, 0) is 0 Å². The zero-order valence-electron chi connectivity index (χ0n) is 15.4. The topological polar surface area (TPSA) is 45.5 Å². The van der Waals surface area contributed by atoms with Crippen LogP contribution in [0.15, 0.2) is 47.3 Å². The summed E-state index contributed by atoms with van der Waals surface area (Å²) >= 11 is 0. The second-order valence-corrected chi connectivity index (χ2v) is 7.32. The summed E-state index contributed by atoms with van der Waals surface area (Å²) in [5.74, 6) is 0.596. The second-order valence-electron chi connectivity index (χ2n) is 7.32. The highest BCUT2D eigenvalue weighted by Gasteiger charge is 2.27. The standard InChI is InChI=1S/C21H28N2O2/c1-15(2)20(19-7-5-4-6-16(19)3)22-18-8-11-23(12-9-18)21(24)17-10-13-25-14-17/h4-7,10,13-15,18,20,22H,8-9,11-12H2,1-3H3. The summed E-state index contributed by atoms with van der Waals surface area (Å²) in [6.07, 6.45) is 5.05. The van der Waals surface area contributed by atoms with E-state index in [1.54, 1.807) is 12.3 Å². The first-order valence-corrected chi connectivity index (χ1v) is 9.19. The molecule has 4 heteroatoms. The van der Waals surface area contributed by atoms with Crippen molar-refractivity contribution in [3.8, 4) is 0 Å². The van der Waals surface area contributed by atoms with E-state index in [2.05, 4.69) is 50.4 Å².